The highest BCUT2D eigenvalue weighted by atomic mass is 16.5. The van der Waals surface area contributed by atoms with Crippen LogP contribution in [0.15, 0.2) is 12.3 Å². The van der Waals surface area contributed by atoms with Gasteiger partial charge >= 0.3 is 0 Å². The third-order valence-corrected chi connectivity index (χ3v) is 0.505. The molecule has 1 heterocycles. The summed E-state index contributed by atoms with van der Waals surface area (Å²) in [4.78, 5) is 0. The van der Waals surface area contributed by atoms with Gasteiger partial charge in [-0.15, -0.1) is 0 Å². The van der Waals surface area contributed by atoms with Crippen molar-refractivity contribution in [3.8, 4) is 11.8 Å². The van der Waals surface area contributed by atoms with Crippen molar-refractivity contribution in [2.45, 2.75) is 0 Å². The molecule has 0 bridgehead atoms. The van der Waals surface area contributed by atoms with Crippen molar-refractivity contribution in [2.24, 2.45) is 0 Å². The number of ether oxygens (including phenoxy) is 1. The molecule has 0 fully saturated rings. The Morgan fingerprint density at radius 1 is 1.67 bits per heavy atom. The van der Waals surface area contributed by atoms with E-state index in [-0.39, 0.29) is 0 Å². The Kier molecular flexibility index (Phi) is 0.832. The van der Waals surface area contributed by atoms with Gasteiger partial charge < -0.3 is 4.74 Å². The minimum atomic E-state index is 0.552. The Morgan fingerprint density at radius 2 is 2.67 bits per heavy atom. The summed E-state index contributed by atoms with van der Waals surface area (Å²) in [7, 11) is 0. The Labute approximate surface area is 36.6 Å². The van der Waals surface area contributed by atoms with E-state index in [0.29, 0.717) is 6.61 Å². The largest absolute Gasteiger partial charge is 0.488 e. The third kappa shape index (κ3) is 0.526. The maximum atomic E-state index is 4.72. The molecule has 30 valence electrons. The third-order valence-electron chi connectivity index (χ3n) is 0.505. The van der Waals surface area contributed by atoms with Gasteiger partial charge in [0.1, 0.15) is 6.61 Å². The van der Waals surface area contributed by atoms with E-state index >= 15 is 0 Å². The van der Waals surface area contributed by atoms with Gasteiger partial charge in [0, 0.05) is 6.08 Å². The van der Waals surface area contributed by atoms with Crippen molar-refractivity contribution in [1.82, 2.24) is 0 Å². The van der Waals surface area contributed by atoms with Crippen LogP contribution in [0.2, 0.25) is 0 Å². The summed E-state index contributed by atoms with van der Waals surface area (Å²) in [6.07, 6.45) is 3.28. The highest BCUT2D eigenvalue weighted by Gasteiger charge is 1.73. The van der Waals surface area contributed by atoms with Crippen LogP contribution in [0.3, 0.4) is 0 Å². The lowest BCUT2D eigenvalue weighted by atomic mass is 10.5. The Balaban J connectivity index is 2.58. The quantitative estimate of drug-likeness (QED) is 0.386. The van der Waals surface area contributed by atoms with Crippen molar-refractivity contribution in [1.29, 1.82) is 0 Å². The van der Waals surface area contributed by atoms with E-state index in [9.17, 15) is 0 Å². The lowest BCUT2D eigenvalue weighted by Gasteiger charge is -1.90. The summed E-state index contributed by atoms with van der Waals surface area (Å²) >= 11 is 0. The van der Waals surface area contributed by atoms with Gasteiger partial charge in [-0.3, -0.25) is 0 Å². The molecule has 0 amide bonds. The van der Waals surface area contributed by atoms with Crippen LogP contribution in [0.5, 0.6) is 0 Å². The second-order valence-electron chi connectivity index (χ2n) is 0.935. The molecule has 6 heavy (non-hydrogen) atoms. The standard InChI is InChI=1S/C5H4O/c1-2-4-6-5-3-1/h2,4H,5H2. The number of hydrogen-bond acceptors (Lipinski definition) is 1. The molecule has 1 heteroatoms. The highest BCUT2D eigenvalue weighted by molar-refractivity contribution is 5.16. The molecule has 0 unspecified atom stereocenters. The van der Waals surface area contributed by atoms with Gasteiger partial charge in [-0.2, -0.15) is 0 Å². The molecule has 0 spiro atoms. The lowest BCUT2D eigenvalue weighted by molar-refractivity contribution is 0.294. The summed E-state index contributed by atoms with van der Waals surface area (Å²) in [6, 6.07) is 0. The van der Waals surface area contributed by atoms with Gasteiger partial charge in [-0.25, -0.2) is 0 Å². The first kappa shape index (κ1) is 3.30. The molecule has 0 saturated heterocycles. The van der Waals surface area contributed by atoms with Crippen molar-refractivity contribution in [3.63, 3.8) is 0 Å². The SMILES string of the molecule is C1#CCOC=C1. The van der Waals surface area contributed by atoms with E-state index in [1.165, 1.54) is 0 Å². The summed E-state index contributed by atoms with van der Waals surface area (Å²) in [5.74, 6) is 5.45. The topological polar surface area (TPSA) is 9.23 Å². The fraction of sp³-hybridized carbons (Fsp3) is 0.200. The zero-order valence-corrected chi connectivity index (χ0v) is 3.27. The average Bonchev–Trinajstić information content (AvgIpc) is 1.72. The summed E-state index contributed by atoms with van der Waals surface area (Å²) in [6.45, 7) is 0.552. The Bertz CT molecular complexity index is 114. The molecule has 1 nitrogen and oxygen atoms in total. The van der Waals surface area contributed by atoms with Crippen molar-refractivity contribution in [2.75, 3.05) is 6.61 Å². The van der Waals surface area contributed by atoms with E-state index in [1.807, 2.05) is 0 Å². The van der Waals surface area contributed by atoms with Gasteiger partial charge in [-0.1, -0.05) is 11.8 Å². The zero-order chi connectivity index (χ0) is 4.24. The van der Waals surface area contributed by atoms with E-state index in [2.05, 4.69) is 11.8 Å². The molecular weight excluding hydrogens is 76.1 g/mol. The molecule has 0 aromatic rings. The molecular formula is C5H4O. The first-order valence-corrected chi connectivity index (χ1v) is 1.75. The maximum Gasteiger partial charge on any atom is 0.148 e. The van der Waals surface area contributed by atoms with Crippen LogP contribution in [-0.4, -0.2) is 6.61 Å². The van der Waals surface area contributed by atoms with Gasteiger partial charge in [0.25, 0.3) is 0 Å². The first-order chi connectivity index (χ1) is 3.00. The van der Waals surface area contributed by atoms with Crippen molar-refractivity contribution < 1.29 is 4.74 Å². The average molecular weight is 80.1 g/mol. The normalized spacial score (nSPS) is 14.7. The minimum absolute atomic E-state index is 0.552. The fourth-order valence-corrected chi connectivity index (χ4v) is 0.273. The lowest BCUT2D eigenvalue weighted by Crippen LogP contribution is -1.83. The van der Waals surface area contributed by atoms with Crippen LogP contribution in [0, 0.1) is 11.8 Å². The zero-order valence-electron chi connectivity index (χ0n) is 3.27. The van der Waals surface area contributed by atoms with Crippen LogP contribution in [0.4, 0.5) is 0 Å². The predicted molar refractivity (Wildman–Crippen MR) is 22.9 cm³/mol. The Hall–Kier alpha value is -0.900. The number of hydrogen-bond donors (Lipinski definition) is 0. The van der Waals surface area contributed by atoms with Crippen molar-refractivity contribution in [3.05, 3.63) is 12.3 Å². The van der Waals surface area contributed by atoms with Crippen LogP contribution >= 0.6 is 0 Å². The highest BCUT2D eigenvalue weighted by Crippen LogP contribution is 1.79. The monoisotopic (exact) mass is 80.0 g/mol. The first-order valence-electron chi connectivity index (χ1n) is 1.75. The van der Waals surface area contributed by atoms with E-state index < -0.39 is 0 Å². The fourth-order valence-electron chi connectivity index (χ4n) is 0.273. The summed E-state index contributed by atoms with van der Waals surface area (Å²) < 4.78 is 4.72. The van der Waals surface area contributed by atoms with E-state index in [1.54, 1.807) is 12.3 Å². The molecule has 0 aliphatic carbocycles. The van der Waals surface area contributed by atoms with E-state index in [4.69, 9.17) is 4.74 Å². The molecule has 0 saturated carbocycles. The van der Waals surface area contributed by atoms with Crippen LogP contribution < -0.4 is 0 Å². The van der Waals surface area contributed by atoms with E-state index in [0.717, 1.165) is 0 Å². The molecule has 0 aromatic heterocycles. The van der Waals surface area contributed by atoms with Crippen LogP contribution in [0.25, 0.3) is 0 Å². The van der Waals surface area contributed by atoms with Gasteiger partial charge in [0.2, 0.25) is 0 Å². The van der Waals surface area contributed by atoms with Gasteiger partial charge in [0.05, 0.1) is 6.26 Å². The smallest absolute Gasteiger partial charge is 0.148 e. The molecule has 0 atom stereocenters. The molecule has 1 rings (SSSR count). The predicted octanol–water partition coefficient (Wildman–Crippen LogP) is 0.534. The summed E-state index contributed by atoms with van der Waals surface area (Å²) in [5, 5.41) is 0. The van der Waals surface area contributed by atoms with Crippen LogP contribution in [-0.2, 0) is 4.74 Å². The molecule has 0 N–H and O–H groups in total. The second kappa shape index (κ2) is 1.51. The second-order valence-corrected chi connectivity index (χ2v) is 0.935. The van der Waals surface area contributed by atoms with Gasteiger partial charge in [0.15, 0.2) is 0 Å². The molecule has 0 radical (unpaired) electrons. The number of allylic oxidation sites excluding steroid dienone is 1. The minimum Gasteiger partial charge on any atom is -0.488 e. The Morgan fingerprint density at radius 3 is 2.83 bits per heavy atom. The summed E-state index contributed by atoms with van der Waals surface area (Å²) in [5.41, 5.74) is 0. The van der Waals surface area contributed by atoms with Crippen molar-refractivity contribution >= 4 is 0 Å². The maximum absolute atomic E-state index is 4.72. The number of rotatable bonds is 0. The molecule has 1 aliphatic heterocycles. The van der Waals surface area contributed by atoms with Crippen LogP contribution in [0.1, 0.15) is 0 Å². The van der Waals surface area contributed by atoms with Gasteiger partial charge in [-0.05, 0) is 0 Å². The molecule has 0 aromatic carbocycles. The molecule has 1 aliphatic rings.